The normalized spacial score (nSPS) is 14.1. The summed E-state index contributed by atoms with van der Waals surface area (Å²) in [6, 6.07) is 9.29. The summed E-state index contributed by atoms with van der Waals surface area (Å²) in [6.07, 6.45) is 4.00. The Bertz CT molecular complexity index is 866. The first-order valence-corrected chi connectivity index (χ1v) is 7.54. The highest BCUT2D eigenvalue weighted by Crippen LogP contribution is 2.39. The maximum Gasteiger partial charge on any atom is 0.248 e. The van der Waals surface area contributed by atoms with E-state index in [2.05, 4.69) is 26.7 Å². The molecule has 1 fully saturated rings. The van der Waals surface area contributed by atoms with Gasteiger partial charge >= 0.3 is 0 Å². The Labute approximate surface area is 132 Å². The number of rotatable bonds is 5. The zero-order valence-electron chi connectivity index (χ0n) is 12.4. The lowest BCUT2D eigenvalue weighted by molar-refractivity contribution is 0.100. The van der Waals surface area contributed by atoms with E-state index in [9.17, 15) is 4.79 Å². The molecule has 0 atom stereocenters. The maximum absolute atomic E-state index is 11.1. The Balaban J connectivity index is 1.57. The van der Waals surface area contributed by atoms with E-state index in [0.29, 0.717) is 23.7 Å². The maximum atomic E-state index is 11.1. The summed E-state index contributed by atoms with van der Waals surface area (Å²) in [7, 11) is 0. The number of primary amides is 1. The van der Waals surface area contributed by atoms with Crippen LogP contribution in [-0.4, -0.2) is 25.7 Å². The molecule has 7 nitrogen and oxygen atoms in total. The highest BCUT2D eigenvalue weighted by Gasteiger charge is 2.26. The Hall–Kier alpha value is -2.96. The summed E-state index contributed by atoms with van der Waals surface area (Å²) in [4.78, 5) is 11.1. The standard InChI is InChI=1S/C16H16N6O/c17-15(23)12-3-1-10(2-4-12)8-18-14-7-13(11-5-6-11)21-22-9-19-20-16(14)22/h1-4,7,9,11,18H,5-6,8H2,(H2,17,23). The van der Waals surface area contributed by atoms with Gasteiger partial charge in [0.05, 0.1) is 11.4 Å². The number of benzene rings is 1. The summed E-state index contributed by atoms with van der Waals surface area (Å²) in [5, 5.41) is 16.0. The molecule has 0 saturated heterocycles. The van der Waals surface area contributed by atoms with Gasteiger partial charge in [0.15, 0.2) is 0 Å². The number of carbonyl (C=O) groups is 1. The van der Waals surface area contributed by atoms with E-state index in [-0.39, 0.29) is 0 Å². The molecular weight excluding hydrogens is 292 g/mol. The van der Waals surface area contributed by atoms with E-state index in [4.69, 9.17) is 5.73 Å². The van der Waals surface area contributed by atoms with Gasteiger partial charge in [-0.3, -0.25) is 4.79 Å². The second kappa shape index (κ2) is 5.35. The van der Waals surface area contributed by atoms with Crippen molar-refractivity contribution in [3.63, 3.8) is 0 Å². The molecule has 2 aromatic heterocycles. The fraction of sp³-hybridized carbons (Fsp3) is 0.250. The number of carbonyl (C=O) groups excluding carboxylic acids is 1. The van der Waals surface area contributed by atoms with Crippen molar-refractivity contribution in [1.29, 1.82) is 0 Å². The second-order valence-corrected chi connectivity index (χ2v) is 5.77. The fourth-order valence-electron chi connectivity index (χ4n) is 2.54. The predicted molar refractivity (Wildman–Crippen MR) is 85.0 cm³/mol. The van der Waals surface area contributed by atoms with Crippen LogP contribution in [0.25, 0.3) is 5.65 Å². The zero-order chi connectivity index (χ0) is 15.8. The molecule has 0 radical (unpaired) electrons. The minimum atomic E-state index is -0.419. The molecule has 7 heteroatoms. The third kappa shape index (κ3) is 2.73. The van der Waals surface area contributed by atoms with E-state index in [1.54, 1.807) is 23.0 Å². The van der Waals surface area contributed by atoms with Gasteiger partial charge in [0.2, 0.25) is 11.6 Å². The quantitative estimate of drug-likeness (QED) is 0.747. The number of aromatic nitrogens is 4. The van der Waals surface area contributed by atoms with Crippen molar-refractivity contribution in [2.75, 3.05) is 5.32 Å². The first kappa shape index (κ1) is 13.7. The van der Waals surface area contributed by atoms with Crippen LogP contribution < -0.4 is 11.1 Å². The zero-order valence-corrected chi connectivity index (χ0v) is 12.4. The van der Waals surface area contributed by atoms with Gasteiger partial charge in [-0.05, 0) is 36.6 Å². The van der Waals surface area contributed by atoms with Crippen molar-refractivity contribution in [2.24, 2.45) is 5.73 Å². The van der Waals surface area contributed by atoms with Crippen LogP contribution in [0.4, 0.5) is 5.69 Å². The summed E-state index contributed by atoms with van der Waals surface area (Å²) >= 11 is 0. The molecule has 0 aliphatic heterocycles. The van der Waals surface area contributed by atoms with E-state index in [1.807, 2.05) is 12.1 Å². The monoisotopic (exact) mass is 308 g/mol. The SMILES string of the molecule is NC(=O)c1ccc(CNc2cc(C3CC3)nn3cnnc23)cc1. The second-order valence-electron chi connectivity index (χ2n) is 5.77. The van der Waals surface area contributed by atoms with Crippen LogP contribution in [0.3, 0.4) is 0 Å². The lowest BCUT2D eigenvalue weighted by atomic mass is 10.1. The minimum Gasteiger partial charge on any atom is -0.378 e. The van der Waals surface area contributed by atoms with E-state index in [1.165, 1.54) is 12.8 Å². The molecule has 3 aromatic rings. The summed E-state index contributed by atoms with van der Waals surface area (Å²) in [6.45, 7) is 0.621. The van der Waals surface area contributed by atoms with E-state index in [0.717, 1.165) is 16.9 Å². The number of nitrogens with two attached hydrogens (primary N) is 1. The number of fused-ring (bicyclic) bond motifs is 1. The minimum absolute atomic E-state index is 0.419. The molecule has 1 amide bonds. The van der Waals surface area contributed by atoms with Crippen molar-refractivity contribution in [3.8, 4) is 0 Å². The third-order valence-electron chi connectivity index (χ3n) is 4.00. The van der Waals surface area contributed by atoms with Crippen molar-refractivity contribution in [3.05, 3.63) is 53.5 Å². The number of hydrogen-bond donors (Lipinski definition) is 2. The van der Waals surface area contributed by atoms with Gasteiger partial charge in [-0.2, -0.15) is 9.61 Å². The average molecular weight is 308 g/mol. The largest absolute Gasteiger partial charge is 0.378 e. The van der Waals surface area contributed by atoms with Gasteiger partial charge in [0.1, 0.15) is 6.33 Å². The number of nitrogens with zero attached hydrogens (tertiary/aromatic N) is 4. The molecule has 4 rings (SSSR count). The Morgan fingerprint density at radius 2 is 2.09 bits per heavy atom. The molecule has 2 heterocycles. The van der Waals surface area contributed by atoms with Crippen LogP contribution in [0.2, 0.25) is 0 Å². The summed E-state index contributed by atoms with van der Waals surface area (Å²) in [5.41, 5.74) is 9.51. The lowest BCUT2D eigenvalue weighted by Crippen LogP contribution is -2.11. The first-order valence-electron chi connectivity index (χ1n) is 7.54. The molecule has 1 aliphatic carbocycles. The third-order valence-corrected chi connectivity index (χ3v) is 4.00. The average Bonchev–Trinajstić information content (AvgIpc) is 3.30. The van der Waals surface area contributed by atoms with E-state index >= 15 is 0 Å². The van der Waals surface area contributed by atoms with Gasteiger partial charge in [-0.25, -0.2) is 0 Å². The topological polar surface area (TPSA) is 98.2 Å². The number of hydrogen-bond acceptors (Lipinski definition) is 5. The van der Waals surface area contributed by atoms with Crippen molar-refractivity contribution < 1.29 is 4.79 Å². The molecular formula is C16H16N6O. The summed E-state index contributed by atoms with van der Waals surface area (Å²) < 4.78 is 1.71. The van der Waals surface area contributed by atoms with Gasteiger partial charge in [-0.15, -0.1) is 10.2 Å². The Morgan fingerprint density at radius 1 is 1.30 bits per heavy atom. The highest BCUT2D eigenvalue weighted by molar-refractivity contribution is 5.92. The molecule has 1 aliphatic rings. The molecule has 0 spiro atoms. The van der Waals surface area contributed by atoms with Crippen molar-refractivity contribution in [1.82, 2.24) is 19.8 Å². The van der Waals surface area contributed by atoms with Crippen LogP contribution in [-0.2, 0) is 6.54 Å². The molecule has 23 heavy (non-hydrogen) atoms. The van der Waals surface area contributed by atoms with Crippen LogP contribution in [0.5, 0.6) is 0 Å². The van der Waals surface area contributed by atoms with E-state index < -0.39 is 5.91 Å². The first-order chi connectivity index (χ1) is 11.2. The number of nitrogens with one attached hydrogen (secondary N) is 1. The van der Waals surface area contributed by atoms with Crippen molar-refractivity contribution >= 4 is 17.2 Å². The predicted octanol–water partition coefficient (Wildman–Crippen LogP) is 1.71. The van der Waals surface area contributed by atoms with Gasteiger partial charge in [-0.1, -0.05) is 12.1 Å². The molecule has 0 unspecified atom stereocenters. The van der Waals surface area contributed by atoms with Crippen LogP contribution >= 0.6 is 0 Å². The van der Waals surface area contributed by atoms with Gasteiger partial charge in [0.25, 0.3) is 0 Å². The molecule has 1 aromatic carbocycles. The molecule has 0 bridgehead atoms. The van der Waals surface area contributed by atoms with Crippen LogP contribution in [0, 0.1) is 0 Å². The Kier molecular flexibility index (Phi) is 3.18. The van der Waals surface area contributed by atoms with Crippen LogP contribution in [0.1, 0.15) is 40.4 Å². The molecule has 3 N–H and O–H groups in total. The highest BCUT2D eigenvalue weighted by atomic mass is 16.1. The summed E-state index contributed by atoms with van der Waals surface area (Å²) in [5.74, 6) is 0.134. The number of anilines is 1. The fourth-order valence-corrected chi connectivity index (χ4v) is 2.54. The Morgan fingerprint density at radius 3 is 2.78 bits per heavy atom. The van der Waals surface area contributed by atoms with Crippen LogP contribution in [0.15, 0.2) is 36.7 Å². The molecule has 116 valence electrons. The molecule has 1 saturated carbocycles. The van der Waals surface area contributed by atoms with Crippen molar-refractivity contribution in [2.45, 2.75) is 25.3 Å². The smallest absolute Gasteiger partial charge is 0.248 e. The van der Waals surface area contributed by atoms with Gasteiger partial charge < -0.3 is 11.1 Å². The number of amides is 1. The lowest BCUT2D eigenvalue weighted by Gasteiger charge is -2.09. The van der Waals surface area contributed by atoms with Gasteiger partial charge in [0, 0.05) is 18.0 Å².